The van der Waals surface area contributed by atoms with E-state index in [1.807, 2.05) is 0 Å². The van der Waals surface area contributed by atoms with Crippen LogP contribution in [-0.4, -0.2) is 13.1 Å². The van der Waals surface area contributed by atoms with Crippen LogP contribution in [0.5, 0.6) is 0 Å². The first-order valence-corrected chi connectivity index (χ1v) is 5.62. The number of nitrogens with one attached hydrogen (secondary N) is 1. The Morgan fingerprint density at radius 3 is 2.67 bits per heavy atom. The zero-order chi connectivity index (χ0) is 8.39. The van der Waals surface area contributed by atoms with Crippen molar-refractivity contribution in [2.24, 2.45) is 17.8 Å². The molecule has 0 aliphatic heterocycles. The molecule has 0 heterocycles. The molecule has 0 radical (unpaired) electrons. The lowest BCUT2D eigenvalue weighted by molar-refractivity contribution is 0.441. The summed E-state index contributed by atoms with van der Waals surface area (Å²) in [5.74, 6) is 3.29. The fourth-order valence-corrected chi connectivity index (χ4v) is 2.80. The smallest absolute Gasteiger partial charge is 0.00178 e. The van der Waals surface area contributed by atoms with Crippen molar-refractivity contribution in [1.29, 1.82) is 0 Å². The largest absolute Gasteiger partial charge is 0.317 e. The predicted molar refractivity (Wildman–Crippen MR) is 52.1 cm³/mol. The van der Waals surface area contributed by atoms with Crippen molar-refractivity contribution >= 4 is 0 Å². The van der Waals surface area contributed by atoms with Gasteiger partial charge in [-0.3, -0.25) is 0 Å². The zero-order valence-corrected chi connectivity index (χ0v) is 8.18. The Morgan fingerprint density at radius 1 is 1.25 bits per heavy atom. The summed E-state index contributed by atoms with van der Waals surface area (Å²) in [4.78, 5) is 0. The summed E-state index contributed by atoms with van der Waals surface area (Å²) in [7, 11) is 0. The minimum absolute atomic E-state index is 1.05. The van der Waals surface area contributed by atoms with E-state index in [2.05, 4.69) is 12.2 Å². The van der Waals surface area contributed by atoms with E-state index in [9.17, 15) is 0 Å². The van der Waals surface area contributed by atoms with Crippen LogP contribution in [0.25, 0.3) is 0 Å². The minimum atomic E-state index is 1.05. The molecule has 1 nitrogen and oxygen atoms in total. The third kappa shape index (κ3) is 1.82. The third-order valence-electron chi connectivity index (χ3n) is 3.64. The van der Waals surface area contributed by atoms with Crippen molar-refractivity contribution < 1.29 is 0 Å². The molecule has 0 bridgehead atoms. The predicted octanol–water partition coefficient (Wildman–Crippen LogP) is 2.42. The molecule has 0 aromatic carbocycles. The van der Waals surface area contributed by atoms with Gasteiger partial charge in [-0.1, -0.05) is 32.6 Å². The van der Waals surface area contributed by atoms with E-state index in [4.69, 9.17) is 0 Å². The number of hydrogen-bond donors (Lipinski definition) is 1. The monoisotopic (exact) mass is 167 g/mol. The fourth-order valence-electron chi connectivity index (χ4n) is 2.80. The van der Waals surface area contributed by atoms with E-state index in [0.29, 0.717) is 0 Å². The Labute approximate surface area is 75.9 Å². The van der Waals surface area contributed by atoms with Crippen LogP contribution in [0, 0.1) is 17.8 Å². The molecule has 0 amide bonds. The quantitative estimate of drug-likeness (QED) is 0.678. The maximum absolute atomic E-state index is 3.46. The molecule has 2 aliphatic carbocycles. The lowest BCUT2D eigenvalue weighted by Gasteiger charge is -2.07. The summed E-state index contributed by atoms with van der Waals surface area (Å²) in [6.45, 7) is 4.64. The van der Waals surface area contributed by atoms with Gasteiger partial charge in [0.1, 0.15) is 0 Å². The highest BCUT2D eigenvalue weighted by Crippen LogP contribution is 2.49. The van der Waals surface area contributed by atoms with Gasteiger partial charge in [-0.15, -0.1) is 0 Å². The van der Waals surface area contributed by atoms with Crippen LogP contribution in [0.4, 0.5) is 0 Å². The molecule has 12 heavy (non-hydrogen) atoms. The second kappa shape index (κ2) is 3.78. The van der Waals surface area contributed by atoms with E-state index in [1.165, 1.54) is 38.6 Å². The van der Waals surface area contributed by atoms with Gasteiger partial charge in [-0.25, -0.2) is 0 Å². The van der Waals surface area contributed by atoms with Gasteiger partial charge in [0.25, 0.3) is 0 Å². The first-order chi connectivity index (χ1) is 5.92. The van der Waals surface area contributed by atoms with Crippen molar-refractivity contribution in [1.82, 2.24) is 5.32 Å². The lowest BCUT2D eigenvalue weighted by Crippen LogP contribution is -2.17. The summed E-state index contributed by atoms with van der Waals surface area (Å²) in [5.41, 5.74) is 0. The molecule has 2 unspecified atom stereocenters. The summed E-state index contributed by atoms with van der Waals surface area (Å²) in [6.07, 6.45) is 7.61. The summed E-state index contributed by atoms with van der Waals surface area (Å²) < 4.78 is 0. The Balaban J connectivity index is 1.65. The molecule has 2 aliphatic rings. The second-order valence-electron chi connectivity index (χ2n) is 4.51. The molecule has 2 atom stereocenters. The molecule has 1 heteroatoms. The SMILES string of the molecule is CCNCC1CC1C1CCCC1. The molecule has 2 rings (SSSR count). The van der Waals surface area contributed by atoms with Crippen LogP contribution in [0.1, 0.15) is 39.0 Å². The van der Waals surface area contributed by atoms with Crippen molar-refractivity contribution in [3.63, 3.8) is 0 Å². The van der Waals surface area contributed by atoms with Gasteiger partial charge in [0.15, 0.2) is 0 Å². The molecule has 1 N–H and O–H groups in total. The first-order valence-electron chi connectivity index (χ1n) is 5.62. The van der Waals surface area contributed by atoms with Gasteiger partial charge in [0.05, 0.1) is 0 Å². The molecular weight excluding hydrogens is 146 g/mol. The van der Waals surface area contributed by atoms with Crippen LogP contribution >= 0.6 is 0 Å². The molecule has 0 spiro atoms. The molecule has 2 saturated carbocycles. The van der Waals surface area contributed by atoms with E-state index in [0.717, 1.165) is 24.3 Å². The Hall–Kier alpha value is -0.0400. The van der Waals surface area contributed by atoms with Gasteiger partial charge < -0.3 is 5.32 Å². The molecule has 0 saturated heterocycles. The van der Waals surface area contributed by atoms with Gasteiger partial charge in [-0.2, -0.15) is 0 Å². The Bertz CT molecular complexity index is 138. The summed E-state index contributed by atoms with van der Waals surface area (Å²) in [5, 5.41) is 3.46. The lowest BCUT2D eigenvalue weighted by atomic mass is 10.0. The molecule has 0 aromatic rings. The Kier molecular flexibility index (Phi) is 2.69. The van der Waals surface area contributed by atoms with E-state index in [1.54, 1.807) is 0 Å². The second-order valence-corrected chi connectivity index (χ2v) is 4.51. The van der Waals surface area contributed by atoms with Gasteiger partial charge in [0, 0.05) is 0 Å². The first kappa shape index (κ1) is 8.55. The highest BCUT2D eigenvalue weighted by atomic mass is 14.9. The van der Waals surface area contributed by atoms with Gasteiger partial charge in [-0.05, 0) is 37.3 Å². The molecule has 0 aromatic heterocycles. The molecule has 2 fully saturated rings. The van der Waals surface area contributed by atoms with Crippen LogP contribution in [0.3, 0.4) is 0 Å². The van der Waals surface area contributed by atoms with Crippen molar-refractivity contribution in [2.45, 2.75) is 39.0 Å². The van der Waals surface area contributed by atoms with E-state index in [-0.39, 0.29) is 0 Å². The third-order valence-corrected chi connectivity index (χ3v) is 3.64. The van der Waals surface area contributed by atoms with Gasteiger partial charge >= 0.3 is 0 Å². The van der Waals surface area contributed by atoms with E-state index >= 15 is 0 Å². The molecular formula is C11H21N. The van der Waals surface area contributed by atoms with Crippen LogP contribution in [-0.2, 0) is 0 Å². The Morgan fingerprint density at radius 2 is 2.00 bits per heavy atom. The van der Waals surface area contributed by atoms with E-state index < -0.39 is 0 Å². The maximum atomic E-state index is 3.46. The average Bonchev–Trinajstić information content (AvgIpc) is 2.64. The minimum Gasteiger partial charge on any atom is -0.317 e. The molecule has 70 valence electrons. The normalized spacial score (nSPS) is 35.8. The topological polar surface area (TPSA) is 12.0 Å². The van der Waals surface area contributed by atoms with Crippen LogP contribution in [0.2, 0.25) is 0 Å². The standard InChI is InChI=1S/C11H21N/c1-2-12-8-10-7-11(10)9-5-3-4-6-9/h9-12H,2-8H2,1H3. The number of hydrogen-bond acceptors (Lipinski definition) is 1. The summed E-state index contributed by atoms with van der Waals surface area (Å²) >= 11 is 0. The zero-order valence-electron chi connectivity index (χ0n) is 8.18. The highest BCUT2D eigenvalue weighted by Gasteiger charge is 2.42. The van der Waals surface area contributed by atoms with Crippen molar-refractivity contribution in [3.05, 3.63) is 0 Å². The average molecular weight is 167 g/mol. The van der Waals surface area contributed by atoms with Crippen LogP contribution < -0.4 is 5.32 Å². The van der Waals surface area contributed by atoms with Crippen molar-refractivity contribution in [3.8, 4) is 0 Å². The summed E-state index contributed by atoms with van der Waals surface area (Å²) in [6, 6.07) is 0. The fraction of sp³-hybridized carbons (Fsp3) is 1.00. The highest BCUT2D eigenvalue weighted by molar-refractivity contribution is 4.93. The van der Waals surface area contributed by atoms with Crippen molar-refractivity contribution in [2.75, 3.05) is 13.1 Å². The van der Waals surface area contributed by atoms with Crippen LogP contribution in [0.15, 0.2) is 0 Å². The van der Waals surface area contributed by atoms with Gasteiger partial charge in [0.2, 0.25) is 0 Å². The number of rotatable bonds is 4. The maximum Gasteiger partial charge on any atom is -0.00178 e.